The first-order valence-corrected chi connectivity index (χ1v) is 3.94. The molecule has 0 spiro atoms. The van der Waals surface area contributed by atoms with Crippen molar-refractivity contribution in [1.29, 1.82) is 0 Å². The number of carbonyl (C=O) groups excluding carboxylic acids is 1. The molecule has 0 unspecified atom stereocenters. The Morgan fingerprint density at radius 1 is 1.42 bits per heavy atom. The summed E-state index contributed by atoms with van der Waals surface area (Å²) >= 11 is 0. The van der Waals surface area contributed by atoms with E-state index in [-0.39, 0.29) is 5.92 Å². The van der Waals surface area contributed by atoms with Crippen LogP contribution in [0.4, 0.5) is 0 Å². The fraction of sp³-hybridized carbons (Fsp3) is 0.444. The lowest BCUT2D eigenvalue weighted by Gasteiger charge is -2.04. The van der Waals surface area contributed by atoms with Crippen molar-refractivity contribution in [2.75, 3.05) is 0 Å². The lowest BCUT2D eigenvalue weighted by Crippen LogP contribution is -2.02. The molecular weight excluding hydrogens is 152 g/mol. The highest BCUT2D eigenvalue weighted by atomic mass is 16.1. The zero-order chi connectivity index (χ0) is 9.14. The van der Waals surface area contributed by atoms with Gasteiger partial charge in [-0.15, -0.1) is 0 Å². The average molecular weight is 164 g/mol. The second kappa shape index (κ2) is 3.43. The Bertz CT molecular complexity index is 295. The lowest BCUT2D eigenvalue weighted by molar-refractivity contribution is 0.111. The average Bonchev–Trinajstić information content (AvgIpc) is 2.03. The molecule has 64 valence electrons. The molecule has 0 fully saturated rings. The molecule has 0 atom stereocenters. The molecule has 0 N–H and O–H groups in total. The van der Waals surface area contributed by atoms with Crippen LogP contribution in [0.3, 0.4) is 0 Å². The molecule has 0 aliphatic carbocycles. The number of carbonyl (C=O) groups is 1. The van der Waals surface area contributed by atoms with Crippen LogP contribution in [0.1, 0.15) is 41.8 Å². The van der Waals surface area contributed by atoms with Gasteiger partial charge in [0.15, 0.2) is 6.29 Å². The maximum atomic E-state index is 10.4. The van der Waals surface area contributed by atoms with Crippen molar-refractivity contribution in [3.05, 3.63) is 23.3 Å². The fourth-order valence-corrected chi connectivity index (χ4v) is 0.935. The van der Waals surface area contributed by atoms with Crippen molar-refractivity contribution < 1.29 is 4.79 Å². The predicted molar refractivity (Wildman–Crippen MR) is 46.2 cm³/mol. The van der Waals surface area contributed by atoms with Crippen molar-refractivity contribution in [2.45, 2.75) is 26.7 Å². The molecule has 0 aliphatic rings. The van der Waals surface area contributed by atoms with E-state index >= 15 is 0 Å². The van der Waals surface area contributed by atoms with E-state index in [1.165, 1.54) is 0 Å². The zero-order valence-corrected chi connectivity index (χ0v) is 7.53. The van der Waals surface area contributed by atoms with Crippen LogP contribution in [0.5, 0.6) is 0 Å². The second-order valence-corrected chi connectivity index (χ2v) is 3.06. The normalized spacial score (nSPS) is 10.3. The molecule has 12 heavy (non-hydrogen) atoms. The van der Waals surface area contributed by atoms with Gasteiger partial charge in [0.05, 0.1) is 0 Å². The monoisotopic (exact) mass is 164 g/mol. The molecule has 1 heterocycles. The van der Waals surface area contributed by atoms with Gasteiger partial charge in [0, 0.05) is 11.6 Å². The number of rotatable bonds is 2. The Labute approximate surface area is 71.9 Å². The first-order valence-electron chi connectivity index (χ1n) is 3.94. The van der Waals surface area contributed by atoms with E-state index in [0.717, 1.165) is 17.8 Å². The summed E-state index contributed by atoms with van der Waals surface area (Å²) in [5.74, 6) is 1.00. The second-order valence-electron chi connectivity index (χ2n) is 3.06. The Morgan fingerprint density at radius 2 is 2.08 bits per heavy atom. The van der Waals surface area contributed by atoms with Crippen LogP contribution < -0.4 is 0 Å². The third kappa shape index (κ3) is 1.87. The molecule has 1 aromatic heterocycles. The SMILES string of the molecule is Cc1cc(C=O)nc(C(C)C)n1. The lowest BCUT2D eigenvalue weighted by atomic mass is 10.2. The Balaban J connectivity index is 3.14. The highest BCUT2D eigenvalue weighted by Gasteiger charge is 2.04. The Morgan fingerprint density at radius 3 is 2.58 bits per heavy atom. The van der Waals surface area contributed by atoms with Gasteiger partial charge in [0.2, 0.25) is 0 Å². The molecule has 3 heteroatoms. The van der Waals surface area contributed by atoms with Gasteiger partial charge in [-0.25, -0.2) is 9.97 Å². The van der Waals surface area contributed by atoms with Crippen molar-refractivity contribution in [1.82, 2.24) is 9.97 Å². The molecule has 0 aromatic carbocycles. The van der Waals surface area contributed by atoms with Gasteiger partial charge >= 0.3 is 0 Å². The van der Waals surface area contributed by atoms with E-state index in [1.54, 1.807) is 6.07 Å². The van der Waals surface area contributed by atoms with Gasteiger partial charge in [0.25, 0.3) is 0 Å². The number of nitrogens with zero attached hydrogens (tertiary/aromatic N) is 2. The van der Waals surface area contributed by atoms with Crippen LogP contribution in [0.25, 0.3) is 0 Å². The summed E-state index contributed by atoms with van der Waals surface area (Å²) < 4.78 is 0. The summed E-state index contributed by atoms with van der Waals surface area (Å²) in [6.07, 6.45) is 0.751. The quantitative estimate of drug-likeness (QED) is 0.625. The minimum absolute atomic E-state index is 0.267. The van der Waals surface area contributed by atoms with Gasteiger partial charge in [-0.05, 0) is 13.0 Å². The fourth-order valence-electron chi connectivity index (χ4n) is 0.935. The highest BCUT2D eigenvalue weighted by molar-refractivity contribution is 5.71. The Kier molecular flexibility index (Phi) is 2.53. The first kappa shape index (κ1) is 8.84. The predicted octanol–water partition coefficient (Wildman–Crippen LogP) is 1.72. The van der Waals surface area contributed by atoms with E-state index in [2.05, 4.69) is 9.97 Å². The minimum Gasteiger partial charge on any atom is -0.296 e. The number of aryl methyl sites for hydroxylation is 1. The largest absolute Gasteiger partial charge is 0.296 e. The van der Waals surface area contributed by atoms with Gasteiger partial charge in [0.1, 0.15) is 11.5 Å². The van der Waals surface area contributed by atoms with E-state index < -0.39 is 0 Å². The van der Waals surface area contributed by atoms with Crippen molar-refractivity contribution >= 4 is 6.29 Å². The van der Waals surface area contributed by atoms with Gasteiger partial charge < -0.3 is 0 Å². The van der Waals surface area contributed by atoms with E-state index in [1.807, 2.05) is 20.8 Å². The molecule has 0 bridgehead atoms. The number of aromatic nitrogens is 2. The molecule has 3 nitrogen and oxygen atoms in total. The summed E-state index contributed by atoms with van der Waals surface area (Å²) in [5.41, 5.74) is 1.31. The zero-order valence-electron chi connectivity index (χ0n) is 7.53. The van der Waals surface area contributed by atoms with E-state index in [4.69, 9.17) is 0 Å². The molecule has 0 amide bonds. The standard InChI is InChI=1S/C9H12N2O/c1-6(2)9-10-7(3)4-8(5-12)11-9/h4-6H,1-3H3. The maximum Gasteiger partial charge on any atom is 0.168 e. The number of aldehydes is 1. The topological polar surface area (TPSA) is 42.9 Å². The van der Waals surface area contributed by atoms with Crippen LogP contribution in [-0.2, 0) is 0 Å². The third-order valence-electron chi connectivity index (χ3n) is 1.53. The summed E-state index contributed by atoms with van der Waals surface area (Å²) in [7, 11) is 0. The van der Waals surface area contributed by atoms with Crippen LogP contribution >= 0.6 is 0 Å². The Hall–Kier alpha value is -1.25. The van der Waals surface area contributed by atoms with Crippen LogP contribution in [-0.4, -0.2) is 16.3 Å². The van der Waals surface area contributed by atoms with Crippen molar-refractivity contribution in [3.63, 3.8) is 0 Å². The van der Waals surface area contributed by atoms with Crippen LogP contribution in [0, 0.1) is 6.92 Å². The molecule has 0 radical (unpaired) electrons. The molecule has 1 rings (SSSR count). The summed E-state index contributed by atoms with van der Waals surface area (Å²) in [6.45, 7) is 5.87. The summed E-state index contributed by atoms with van der Waals surface area (Å²) in [5, 5.41) is 0. The van der Waals surface area contributed by atoms with Crippen LogP contribution in [0.2, 0.25) is 0 Å². The molecular formula is C9H12N2O. The number of hydrogen-bond donors (Lipinski definition) is 0. The smallest absolute Gasteiger partial charge is 0.168 e. The summed E-state index contributed by atoms with van der Waals surface area (Å²) in [6, 6.07) is 1.68. The summed E-state index contributed by atoms with van der Waals surface area (Å²) in [4.78, 5) is 18.7. The molecule has 0 aliphatic heterocycles. The maximum absolute atomic E-state index is 10.4. The van der Waals surface area contributed by atoms with Gasteiger partial charge in [-0.1, -0.05) is 13.8 Å². The third-order valence-corrected chi connectivity index (χ3v) is 1.53. The van der Waals surface area contributed by atoms with Gasteiger partial charge in [-0.3, -0.25) is 4.79 Å². The number of hydrogen-bond acceptors (Lipinski definition) is 3. The van der Waals surface area contributed by atoms with E-state index in [9.17, 15) is 4.79 Å². The van der Waals surface area contributed by atoms with Crippen LogP contribution in [0.15, 0.2) is 6.07 Å². The highest BCUT2D eigenvalue weighted by Crippen LogP contribution is 2.09. The molecule has 0 saturated heterocycles. The van der Waals surface area contributed by atoms with Gasteiger partial charge in [-0.2, -0.15) is 0 Å². The molecule has 0 saturated carbocycles. The molecule has 1 aromatic rings. The first-order chi connectivity index (χ1) is 5.63. The van der Waals surface area contributed by atoms with Crippen molar-refractivity contribution in [3.8, 4) is 0 Å². The minimum atomic E-state index is 0.267. The van der Waals surface area contributed by atoms with Crippen molar-refractivity contribution in [2.24, 2.45) is 0 Å². The van der Waals surface area contributed by atoms with E-state index in [0.29, 0.717) is 5.69 Å².